The Morgan fingerprint density at radius 2 is 2.00 bits per heavy atom. The van der Waals surface area contributed by atoms with Gasteiger partial charge in [-0.2, -0.15) is 0 Å². The maximum absolute atomic E-state index is 4.18. The number of aromatic nitrogens is 3. The van der Waals surface area contributed by atoms with Gasteiger partial charge >= 0.3 is 0 Å². The zero-order valence-corrected chi connectivity index (χ0v) is 12.5. The molecular weight excluding hydrogens is 238 g/mol. The molecule has 1 aromatic rings. The Balaban J connectivity index is 1.72. The third-order valence-electron chi connectivity index (χ3n) is 4.00. The van der Waals surface area contributed by atoms with E-state index in [1.54, 1.807) is 0 Å². The lowest BCUT2D eigenvalue weighted by atomic mass is 9.83. The summed E-state index contributed by atoms with van der Waals surface area (Å²) in [4.78, 5) is 2.54. The van der Waals surface area contributed by atoms with Gasteiger partial charge in [0, 0.05) is 19.3 Å². The smallest absolute Gasteiger partial charge is 0.0964 e. The minimum atomic E-state index is 0.531. The van der Waals surface area contributed by atoms with Crippen LogP contribution in [0.1, 0.15) is 39.3 Å². The standard InChI is InChI=1S/C14H27N5/c1-4-15-11-13-12-19(17-16-13)10-9-18-7-5-14(2,3)6-8-18/h12,15H,4-11H2,1-3H3. The van der Waals surface area contributed by atoms with E-state index in [0.717, 1.165) is 31.9 Å². The van der Waals surface area contributed by atoms with Gasteiger partial charge in [0.05, 0.1) is 12.2 Å². The van der Waals surface area contributed by atoms with Gasteiger partial charge in [0.25, 0.3) is 0 Å². The number of hydrogen-bond donors (Lipinski definition) is 1. The van der Waals surface area contributed by atoms with Gasteiger partial charge in [0.1, 0.15) is 0 Å². The molecule has 1 fully saturated rings. The van der Waals surface area contributed by atoms with E-state index in [4.69, 9.17) is 0 Å². The Morgan fingerprint density at radius 3 is 2.68 bits per heavy atom. The first kappa shape index (κ1) is 14.5. The van der Waals surface area contributed by atoms with Crippen molar-refractivity contribution in [1.82, 2.24) is 25.2 Å². The van der Waals surface area contributed by atoms with Crippen molar-refractivity contribution in [2.24, 2.45) is 5.41 Å². The third-order valence-corrected chi connectivity index (χ3v) is 4.00. The van der Waals surface area contributed by atoms with E-state index >= 15 is 0 Å². The Morgan fingerprint density at radius 1 is 1.26 bits per heavy atom. The number of piperidine rings is 1. The van der Waals surface area contributed by atoms with E-state index in [9.17, 15) is 0 Å². The van der Waals surface area contributed by atoms with Crippen molar-refractivity contribution in [2.75, 3.05) is 26.2 Å². The molecule has 1 aliphatic heterocycles. The highest BCUT2D eigenvalue weighted by Crippen LogP contribution is 2.29. The van der Waals surface area contributed by atoms with E-state index in [-0.39, 0.29) is 0 Å². The molecular formula is C14H27N5. The Bertz CT molecular complexity index is 375. The van der Waals surface area contributed by atoms with Crippen molar-refractivity contribution < 1.29 is 0 Å². The van der Waals surface area contributed by atoms with Crippen LogP contribution in [0.3, 0.4) is 0 Å². The molecule has 2 rings (SSSR count). The summed E-state index contributed by atoms with van der Waals surface area (Å²) in [6.07, 6.45) is 4.66. The lowest BCUT2D eigenvalue weighted by molar-refractivity contribution is 0.128. The second kappa shape index (κ2) is 6.48. The molecule has 1 N–H and O–H groups in total. The zero-order valence-electron chi connectivity index (χ0n) is 12.5. The average Bonchev–Trinajstić information content (AvgIpc) is 2.83. The van der Waals surface area contributed by atoms with E-state index in [1.807, 2.05) is 4.68 Å². The van der Waals surface area contributed by atoms with Gasteiger partial charge in [-0.25, -0.2) is 0 Å². The summed E-state index contributed by atoms with van der Waals surface area (Å²) in [5.41, 5.74) is 1.56. The topological polar surface area (TPSA) is 46.0 Å². The minimum Gasteiger partial charge on any atom is -0.311 e. The normalized spacial score (nSPS) is 19.7. The first-order chi connectivity index (χ1) is 9.09. The Labute approximate surface area is 116 Å². The summed E-state index contributed by atoms with van der Waals surface area (Å²) < 4.78 is 1.96. The summed E-state index contributed by atoms with van der Waals surface area (Å²) in [5, 5.41) is 11.6. The van der Waals surface area contributed by atoms with Gasteiger partial charge in [0.2, 0.25) is 0 Å². The molecule has 1 aliphatic rings. The van der Waals surface area contributed by atoms with Gasteiger partial charge in [-0.05, 0) is 37.9 Å². The third kappa shape index (κ3) is 4.58. The number of likely N-dealkylation sites (tertiary alicyclic amines) is 1. The van der Waals surface area contributed by atoms with Gasteiger partial charge < -0.3 is 10.2 Å². The van der Waals surface area contributed by atoms with Gasteiger partial charge in [-0.1, -0.05) is 26.0 Å². The molecule has 19 heavy (non-hydrogen) atoms. The monoisotopic (exact) mass is 265 g/mol. The molecule has 108 valence electrons. The minimum absolute atomic E-state index is 0.531. The first-order valence-corrected chi connectivity index (χ1v) is 7.41. The Kier molecular flexibility index (Phi) is 4.93. The Hall–Kier alpha value is -0.940. The molecule has 0 bridgehead atoms. The molecule has 0 aliphatic carbocycles. The van der Waals surface area contributed by atoms with Crippen LogP contribution in [0.5, 0.6) is 0 Å². The highest BCUT2D eigenvalue weighted by atomic mass is 15.4. The second-order valence-corrected chi connectivity index (χ2v) is 6.26. The summed E-state index contributed by atoms with van der Waals surface area (Å²) in [5.74, 6) is 0. The summed E-state index contributed by atoms with van der Waals surface area (Å²) in [6.45, 7) is 13.1. The summed E-state index contributed by atoms with van der Waals surface area (Å²) in [6, 6.07) is 0. The van der Waals surface area contributed by atoms with Crippen molar-refractivity contribution in [3.63, 3.8) is 0 Å². The van der Waals surface area contributed by atoms with Crippen molar-refractivity contribution in [1.29, 1.82) is 0 Å². The number of hydrogen-bond acceptors (Lipinski definition) is 4. The van der Waals surface area contributed by atoms with Gasteiger partial charge in [-0.15, -0.1) is 5.10 Å². The SMILES string of the molecule is CCNCc1cn(CCN2CCC(C)(C)CC2)nn1. The van der Waals surface area contributed by atoms with E-state index in [0.29, 0.717) is 5.41 Å². The highest BCUT2D eigenvalue weighted by Gasteiger charge is 2.24. The van der Waals surface area contributed by atoms with Crippen LogP contribution >= 0.6 is 0 Å². The largest absolute Gasteiger partial charge is 0.311 e. The van der Waals surface area contributed by atoms with E-state index in [1.165, 1.54) is 25.9 Å². The first-order valence-electron chi connectivity index (χ1n) is 7.41. The molecule has 0 atom stereocenters. The van der Waals surface area contributed by atoms with E-state index < -0.39 is 0 Å². The van der Waals surface area contributed by atoms with Crippen LogP contribution in [0.15, 0.2) is 6.20 Å². The molecule has 0 unspecified atom stereocenters. The lowest BCUT2D eigenvalue weighted by Crippen LogP contribution is -2.38. The molecule has 1 aromatic heterocycles. The molecule has 0 amide bonds. The van der Waals surface area contributed by atoms with Gasteiger partial charge in [-0.3, -0.25) is 4.68 Å². The number of rotatable bonds is 6. The molecule has 5 heteroatoms. The average molecular weight is 265 g/mol. The van der Waals surface area contributed by atoms with Crippen LogP contribution in [-0.2, 0) is 13.1 Å². The van der Waals surface area contributed by atoms with E-state index in [2.05, 4.69) is 47.5 Å². The quantitative estimate of drug-likeness (QED) is 0.847. The number of nitrogens with one attached hydrogen (secondary N) is 1. The zero-order chi connectivity index (χ0) is 13.7. The fourth-order valence-corrected chi connectivity index (χ4v) is 2.41. The van der Waals surface area contributed by atoms with Crippen molar-refractivity contribution in [3.8, 4) is 0 Å². The van der Waals surface area contributed by atoms with Crippen LogP contribution in [0.25, 0.3) is 0 Å². The van der Waals surface area contributed by atoms with Crippen LogP contribution < -0.4 is 5.32 Å². The molecule has 5 nitrogen and oxygen atoms in total. The predicted octanol–water partition coefficient (Wildman–Crippen LogP) is 1.51. The second-order valence-electron chi connectivity index (χ2n) is 6.26. The van der Waals surface area contributed by atoms with Crippen LogP contribution in [0.4, 0.5) is 0 Å². The van der Waals surface area contributed by atoms with Crippen molar-refractivity contribution in [3.05, 3.63) is 11.9 Å². The summed E-state index contributed by atoms with van der Waals surface area (Å²) in [7, 11) is 0. The van der Waals surface area contributed by atoms with Crippen LogP contribution in [0.2, 0.25) is 0 Å². The van der Waals surface area contributed by atoms with Crippen LogP contribution in [0, 0.1) is 5.41 Å². The summed E-state index contributed by atoms with van der Waals surface area (Å²) >= 11 is 0. The number of nitrogens with zero attached hydrogens (tertiary/aromatic N) is 4. The fraction of sp³-hybridized carbons (Fsp3) is 0.857. The molecule has 0 radical (unpaired) electrons. The molecule has 0 spiro atoms. The van der Waals surface area contributed by atoms with Crippen LogP contribution in [-0.4, -0.2) is 46.1 Å². The molecule has 2 heterocycles. The lowest BCUT2D eigenvalue weighted by Gasteiger charge is -2.36. The molecule has 0 aromatic carbocycles. The predicted molar refractivity (Wildman–Crippen MR) is 76.9 cm³/mol. The fourth-order valence-electron chi connectivity index (χ4n) is 2.41. The van der Waals surface area contributed by atoms with Crippen molar-refractivity contribution >= 4 is 0 Å². The highest BCUT2D eigenvalue weighted by molar-refractivity contribution is 4.91. The molecule has 1 saturated heterocycles. The van der Waals surface area contributed by atoms with Crippen molar-refractivity contribution in [2.45, 2.75) is 46.7 Å². The van der Waals surface area contributed by atoms with Gasteiger partial charge in [0.15, 0.2) is 0 Å². The molecule has 0 saturated carbocycles. The maximum Gasteiger partial charge on any atom is 0.0964 e. The maximum atomic E-state index is 4.18.